The zero-order valence-corrected chi connectivity index (χ0v) is 33.9. The number of aliphatic hydroxyl groups is 6. The maximum atomic E-state index is 14.0. The number of ether oxygens (including phenoxy) is 4. The maximum Gasteiger partial charge on any atom is 0.314 e. The number of hydrogen-bond donors (Lipinski definition) is 8. The second kappa shape index (κ2) is 14.5. The van der Waals surface area contributed by atoms with Crippen molar-refractivity contribution < 1.29 is 69.4 Å². The number of aliphatic hydroxyl groups excluding tert-OH is 6. The first-order chi connectivity index (χ1) is 26.1. The van der Waals surface area contributed by atoms with Gasteiger partial charge >= 0.3 is 11.9 Å². The standard InChI is InChI=1S/C42H66O14/c1-19-10-15-41(36(49)50)16-17-42(37(51)52)22(27(41)20(19)2)8-9-25-39(6)13-12-26(38(4,5)24(39)11-14-40(25,42)7)55-35-32(48)33(28(44)21(3)53-35)56-34-31(47)30(46)29(45)23(18-43)54-34/h8,19-21,23-35,43-48H,9-18H2,1-7H3,(H,49,50)(H,51,52)/t19-,20+,21+,23-,24-,25-,26+,27-,28+,29-,30+,31-,32-,33-,34+,35+,39+,40-,41+,42-/m1/s1. The van der Waals surface area contributed by atoms with Gasteiger partial charge in [0.1, 0.15) is 42.7 Å². The van der Waals surface area contributed by atoms with Gasteiger partial charge in [0, 0.05) is 0 Å². The van der Waals surface area contributed by atoms with Crippen LogP contribution in [-0.2, 0) is 28.5 Å². The fourth-order valence-corrected chi connectivity index (χ4v) is 14.0. The topological polar surface area (TPSA) is 233 Å². The average molecular weight is 795 g/mol. The van der Waals surface area contributed by atoms with Crippen LogP contribution in [0.1, 0.15) is 106 Å². The van der Waals surface area contributed by atoms with Crippen molar-refractivity contribution in [3.05, 3.63) is 11.6 Å². The van der Waals surface area contributed by atoms with Crippen molar-refractivity contribution in [1.82, 2.24) is 0 Å². The summed E-state index contributed by atoms with van der Waals surface area (Å²) in [6.07, 6.45) is -7.03. The molecule has 0 spiro atoms. The van der Waals surface area contributed by atoms with Gasteiger partial charge in [-0.2, -0.15) is 0 Å². The molecule has 4 saturated carbocycles. The summed E-state index contributed by atoms with van der Waals surface area (Å²) < 4.78 is 24.1. The van der Waals surface area contributed by atoms with Gasteiger partial charge in [-0.15, -0.1) is 0 Å². The molecule has 7 aliphatic rings. The first-order valence-electron chi connectivity index (χ1n) is 20.9. The molecular weight excluding hydrogens is 728 g/mol. The Labute approximate surface area is 329 Å². The van der Waals surface area contributed by atoms with Crippen molar-refractivity contribution in [1.29, 1.82) is 0 Å². The molecule has 2 saturated heterocycles. The molecular formula is C42H66O14. The van der Waals surface area contributed by atoms with Crippen LogP contribution in [0.5, 0.6) is 0 Å². The highest BCUT2D eigenvalue weighted by Gasteiger charge is 2.73. The van der Waals surface area contributed by atoms with Crippen LogP contribution in [0, 0.1) is 56.7 Å². The predicted molar refractivity (Wildman–Crippen MR) is 198 cm³/mol. The van der Waals surface area contributed by atoms with Crippen molar-refractivity contribution in [2.45, 2.75) is 174 Å². The van der Waals surface area contributed by atoms with E-state index in [4.69, 9.17) is 18.9 Å². The maximum absolute atomic E-state index is 14.0. The number of fused-ring (bicyclic) bond motifs is 7. The van der Waals surface area contributed by atoms with Crippen molar-refractivity contribution >= 4 is 11.9 Å². The van der Waals surface area contributed by atoms with E-state index in [1.165, 1.54) is 0 Å². The van der Waals surface area contributed by atoms with Crippen LogP contribution >= 0.6 is 0 Å². The molecule has 0 aromatic carbocycles. The minimum absolute atomic E-state index is 0.0190. The van der Waals surface area contributed by atoms with Crippen LogP contribution in [0.15, 0.2) is 11.6 Å². The lowest BCUT2D eigenvalue weighted by atomic mass is 9.33. The average Bonchev–Trinajstić information content (AvgIpc) is 3.14. The van der Waals surface area contributed by atoms with Gasteiger partial charge in [0.25, 0.3) is 0 Å². The molecule has 0 aromatic heterocycles. The molecule has 0 amide bonds. The van der Waals surface area contributed by atoms with E-state index in [-0.39, 0.29) is 29.1 Å². The number of carbonyl (C=O) groups is 2. The Morgan fingerprint density at radius 1 is 0.750 bits per heavy atom. The van der Waals surface area contributed by atoms with E-state index in [1.54, 1.807) is 6.92 Å². The summed E-state index contributed by atoms with van der Waals surface area (Å²) in [6.45, 7) is 14.0. The third-order valence-corrected chi connectivity index (χ3v) is 17.4. The van der Waals surface area contributed by atoms with Gasteiger partial charge in [0.2, 0.25) is 0 Å². The molecule has 7 rings (SSSR count). The number of aliphatic carboxylic acids is 2. The Morgan fingerprint density at radius 3 is 2.07 bits per heavy atom. The van der Waals surface area contributed by atoms with Crippen molar-refractivity contribution in [2.75, 3.05) is 6.61 Å². The number of rotatable bonds is 7. The molecule has 20 atom stereocenters. The van der Waals surface area contributed by atoms with Crippen molar-refractivity contribution in [3.63, 3.8) is 0 Å². The summed E-state index contributed by atoms with van der Waals surface area (Å²) in [5, 5.41) is 85.6. The van der Waals surface area contributed by atoms with Gasteiger partial charge in [-0.1, -0.05) is 53.2 Å². The third kappa shape index (κ3) is 5.85. The summed E-state index contributed by atoms with van der Waals surface area (Å²) in [4.78, 5) is 27.1. The number of allylic oxidation sites excluding steroid dienone is 1. The van der Waals surface area contributed by atoms with Gasteiger partial charge in [0.15, 0.2) is 12.6 Å². The molecule has 2 aliphatic heterocycles. The monoisotopic (exact) mass is 794 g/mol. The van der Waals surface area contributed by atoms with Gasteiger partial charge < -0.3 is 59.8 Å². The van der Waals surface area contributed by atoms with Crippen LogP contribution in [0.25, 0.3) is 0 Å². The number of hydrogen-bond acceptors (Lipinski definition) is 12. The summed E-state index contributed by atoms with van der Waals surface area (Å²) in [5.41, 5.74) is -2.61. The van der Waals surface area contributed by atoms with Gasteiger partial charge in [-0.25, -0.2) is 0 Å². The van der Waals surface area contributed by atoms with Crippen LogP contribution in [0.4, 0.5) is 0 Å². The van der Waals surface area contributed by atoms with Crippen LogP contribution in [0.3, 0.4) is 0 Å². The fraction of sp³-hybridized carbons (Fsp3) is 0.905. The Morgan fingerprint density at radius 2 is 1.43 bits per heavy atom. The lowest BCUT2D eigenvalue weighted by molar-refractivity contribution is -0.366. The number of carboxylic acid groups (broad SMARTS) is 2. The minimum atomic E-state index is -1.73. The van der Waals surface area contributed by atoms with Crippen LogP contribution < -0.4 is 0 Å². The normalized spacial score (nSPS) is 54.1. The highest BCUT2D eigenvalue weighted by Crippen LogP contribution is 2.76. The first kappa shape index (κ1) is 42.4. The Balaban J connectivity index is 1.14. The molecule has 56 heavy (non-hydrogen) atoms. The second-order valence-corrected chi connectivity index (χ2v) is 20.0. The fourth-order valence-electron chi connectivity index (χ4n) is 14.0. The molecule has 14 heteroatoms. The summed E-state index contributed by atoms with van der Waals surface area (Å²) in [5.74, 6) is -1.49. The molecule has 5 aliphatic carbocycles. The lowest BCUT2D eigenvalue weighted by Gasteiger charge is -2.70. The largest absolute Gasteiger partial charge is 0.481 e. The van der Waals surface area contributed by atoms with Gasteiger partial charge in [-0.3, -0.25) is 9.59 Å². The quantitative estimate of drug-likeness (QED) is 0.137. The van der Waals surface area contributed by atoms with E-state index < -0.39 is 108 Å². The Kier molecular flexibility index (Phi) is 11.0. The lowest BCUT2D eigenvalue weighted by Crippen LogP contribution is -2.68. The number of carboxylic acids is 2. The molecule has 318 valence electrons. The van der Waals surface area contributed by atoms with E-state index >= 15 is 0 Å². The predicted octanol–water partition coefficient (Wildman–Crippen LogP) is 2.83. The molecule has 0 radical (unpaired) electrons. The molecule has 8 N–H and O–H groups in total. The second-order valence-electron chi connectivity index (χ2n) is 20.0. The van der Waals surface area contributed by atoms with Crippen molar-refractivity contribution in [2.24, 2.45) is 56.7 Å². The van der Waals surface area contributed by atoms with Crippen LogP contribution in [0.2, 0.25) is 0 Å². The minimum Gasteiger partial charge on any atom is -0.481 e. The molecule has 2 heterocycles. The highest BCUT2D eigenvalue weighted by molar-refractivity contribution is 5.84. The Bertz CT molecular complexity index is 1550. The first-order valence-corrected chi connectivity index (χ1v) is 20.9. The SMILES string of the molecule is C[C@H]1[C@H](C)CC[C@]2(C(=O)O)CC[C@]3(C(=O)O)C(=CC[C@@H]4[C@@]5(C)CC[C@H](O[C@@H]6O[C@@H](C)[C@H](O)[C@@H](O[C@@H]7O[C@H](CO)[C@@H](O)[C@H](O)[C@H]7O)[C@H]6O)C(C)(C)[C@H]5CC[C@]43C)[C@@H]12. The summed E-state index contributed by atoms with van der Waals surface area (Å²) in [6, 6.07) is 0. The van der Waals surface area contributed by atoms with E-state index in [0.29, 0.717) is 44.4 Å². The molecule has 14 nitrogen and oxygen atoms in total. The van der Waals surface area contributed by atoms with Crippen molar-refractivity contribution in [3.8, 4) is 0 Å². The Hall–Kier alpha value is -1.72. The summed E-state index contributed by atoms with van der Waals surface area (Å²) in [7, 11) is 0. The molecule has 0 unspecified atom stereocenters. The van der Waals surface area contributed by atoms with E-state index in [0.717, 1.165) is 24.8 Å². The molecule has 0 bridgehead atoms. The molecule has 6 fully saturated rings. The smallest absolute Gasteiger partial charge is 0.314 e. The summed E-state index contributed by atoms with van der Waals surface area (Å²) >= 11 is 0. The van der Waals surface area contributed by atoms with Gasteiger partial charge in [-0.05, 0) is 111 Å². The van der Waals surface area contributed by atoms with Crippen LogP contribution in [-0.4, -0.2) is 127 Å². The third-order valence-electron chi connectivity index (χ3n) is 17.4. The van der Waals surface area contributed by atoms with E-state index in [1.807, 2.05) is 0 Å². The zero-order valence-electron chi connectivity index (χ0n) is 33.9. The van der Waals surface area contributed by atoms with E-state index in [9.17, 15) is 50.4 Å². The van der Waals surface area contributed by atoms with Gasteiger partial charge in [0.05, 0.1) is 29.6 Å². The zero-order chi connectivity index (χ0) is 41.1. The highest BCUT2D eigenvalue weighted by atomic mass is 16.7. The van der Waals surface area contributed by atoms with E-state index in [2.05, 4.69) is 47.6 Å². The molecule has 0 aromatic rings.